The van der Waals surface area contributed by atoms with Crippen LogP contribution in [0.4, 0.5) is 0 Å². The van der Waals surface area contributed by atoms with Crippen LogP contribution in [-0.4, -0.2) is 85.3 Å². The summed E-state index contributed by atoms with van der Waals surface area (Å²) in [5.74, 6) is -3.00. The van der Waals surface area contributed by atoms with Crippen LogP contribution in [0.5, 0.6) is 0 Å². The number of benzene rings is 1. The number of carboxylic acids is 1. The Hall–Kier alpha value is -3.15. The van der Waals surface area contributed by atoms with Gasteiger partial charge in [-0.15, -0.1) is 0 Å². The number of nitrogens with zero attached hydrogens (tertiary/aromatic N) is 1. The van der Waals surface area contributed by atoms with E-state index in [0.717, 1.165) is 28.9 Å². The molecule has 1 atom stereocenters. The van der Waals surface area contributed by atoms with E-state index in [2.05, 4.69) is 12.2 Å². The van der Waals surface area contributed by atoms with Gasteiger partial charge in [-0.05, 0) is 43.2 Å². The fraction of sp³-hybridized carbons (Fsp3) is 0.577. The van der Waals surface area contributed by atoms with Crippen molar-refractivity contribution in [1.29, 1.82) is 0 Å². The second-order valence-electron chi connectivity index (χ2n) is 8.96. The lowest BCUT2D eigenvalue weighted by Gasteiger charge is -2.28. The van der Waals surface area contributed by atoms with Crippen molar-refractivity contribution in [3.05, 3.63) is 34.4 Å². The molecule has 2 N–H and O–H groups in total. The van der Waals surface area contributed by atoms with Crippen LogP contribution in [0.3, 0.4) is 0 Å². The first-order valence-corrected chi connectivity index (χ1v) is 12.7. The number of carbonyl (C=O) groups excluding carboxylic acids is 4. The molecule has 1 unspecified atom stereocenters. The zero-order chi connectivity index (χ0) is 26.8. The lowest BCUT2D eigenvalue weighted by molar-refractivity contribution is -0.143. The molecule has 0 radical (unpaired) electrons. The number of carbonyl (C=O) groups is 5. The number of aryl methyl sites for hydroxylation is 2. The molecule has 202 valence electrons. The van der Waals surface area contributed by atoms with Gasteiger partial charge < -0.3 is 19.3 Å². The number of ether oxygens (including phenoxy) is 3. The molecule has 1 aromatic carbocycles. The summed E-state index contributed by atoms with van der Waals surface area (Å²) >= 11 is 0. The van der Waals surface area contributed by atoms with Crippen LogP contribution in [-0.2, 0) is 41.4 Å². The number of nitrogens with one attached hydrogen (secondary N) is 1. The maximum Gasteiger partial charge on any atom is 0.329 e. The number of amides is 4. The molecule has 1 saturated heterocycles. The molecule has 0 aromatic heterocycles. The molecule has 11 nitrogen and oxygen atoms in total. The molecule has 3 rings (SSSR count). The second-order valence-corrected chi connectivity index (χ2v) is 8.96. The van der Waals surface area contributed by atoms with Crippen molar-refractivity contribution in [1.82, 2.24) is 10.2 Å². The molecular formula is C26H34N2O9. The number of fused-ring (bicyclic) bond motifs is 1. The minimum atomic E-state index is -1.03. The van der Waals surface area contributed by atoms with Gasteiger partial charge in [-0.25, -0.2) is 4.79 Å². The highest BCUT2D eigenvalue weighted by atomic mass is 16.5. The minimum absolute atomic E-state index is 0.0791. The van der Waals surface area contributed by atoms with Crippen molar-refractivity contribution in [2.45, 2.75) is 57.9 Å². The second kappa shape index (κ2) is 14.0. The lowest BCUT2D eigenvalue weighted by atomic mass is 9.92. The Balaban J connectivity index is 1.57. The Morgan fingerprint density at radius 2 is 1.49 bits per heavy atom. The molecule has 37 heavy (non-hydrogen) atoms. The van der Waals surface area contributed by atoms with E-state index in [-0.39, 0.29) is 32.7 Å². The van der Waals surface area contributed by atoms with Gasteiger partial charge in [0.25, 0.3) is 11.8 Å². The Morgan fingerprint density at radius 3 is 2.05 bits per heavy atom. The minimum Gasteiger partial charge on any atom is -0.480 e. The summed E-state index contributed by atoms with van der Waals surface area (Å²) in [5, 5.41) is 10.7. The first-order valence-electron chi connectivity index (χ1n) is 12.7. The van der Waals surface area contributed by atoms with Crippen LogP contribution in [0.1, 0.15) is 70.9 Å². The molecule has 4 amide bonds. The molecule has 2 aliphatic rings. The summed E-state index contributed by atoms with van der Waals surface area (Å²) < 4.78 is 15.8. The van der Waals surface area contributed by atoms with Crippen LogP contribution in [0.15, 0.2) is 12.1 Å². The van der Waals surface area contributed by atoms with E-state index in [0.29, 0.717) is 50.2 Å². The van der Waals surface area contributed by atoms with E-state index in [1.54, 1.807) is 0 Å². The van der Waals surface area contributed by atoms with Gasteiger partial charge in [0.15, 0.2) is 0 Å². The van der Waals surface area contributed by atoms with Crippen molar-refractivity contribution < 1.29 is 43.3 Å². The van der Waals surface area contributed by atoms with E-state index >= 15 is 0 Å². The van der Waals surface area contributed by atoms with Gasteiger partial charge in [0.1, 0.15) is 12.6 Å². The summed E-state index contributed by atoms with van der Waals surface area (Å²) in [6.45, 7) is 3.27. The maximum absolute atomic E-state index is 13.4. The molecule has 0 saturated carbocycles. The fourth-order valence-corrected chi connectivity index (χ4v) is 4.47. The van der Waals surface area contributed by atoms with Crippen LogP contribution >= 0.6 is 0 Å². The highest BCUT2D eigenvalue weighted by Crippen LogP contribution is 2.33. The van der Waals surface area contributed by atoms with Gasteiger partial charge in [0, 0.05) is 13.0 Å². The normalized spacial score (nSPS) is 17.3. The summed E-state index contributed by atoms with van der Waals surface area (Å²) in [4.78, 5) is 62.2. The van der Waals surface area contributed by atoms with E-state index < -0.39 is 35.6 Å². The monoisotopic (exact) mass is 518 g/mol. The Bertz CT molecular complexity index is 1020. The van der Waals surface area contributed by atoms with Gasteiger partial charge in [0.2, 0.25) is 11.8 Å². The fourth-order valence-electron chi connectivity index (χ4n) is 4.47. The standard InChI is InChI=1S/C26H34N2O9/c1-2-3-5-17-7-8-18(6-4-11-35-12-13-36-14-15-37-16-21(30)31)23-22(17)25(33)28(26(23)34)19-9-10-20(29)27-24(19)32/h7-8,19H,2-6,9-16H2,1H3,(H,30,31)(H,27,29,32). The first kappa shape index (κ1) is 28.4. The topological polar surface area (TPSA) is 149 Å². The van der Waals surface area contributed by atoms with Crippen LogP contribution in [0, 0.1) is 0 Å². The molecule has 1 fully saturated rings. The number of hydrogen-bond acceptors (Lipinski definition) is 8. The quantitative estimate of drug-likeness (QED) is 0.245. The number of aliphatic carboxylic acids is 1. The number of unbranched alkanes of at least 4 members (excludes halogenated alkanes) is 1. The highest BCUT2D eigenvalue weighted by Gasteiger charge is 2.46. The van der Waals surface area contributed by atoms with Crippen LogP contribution in [0.2, 0.25) is 0 Å². The largest absolute Gasteiger partial charge is 0.480 e. The molecule has 11 heteroatoms. The Kier molecular flexibility index (Phi) is 10.7. The van der Waals surface area contributed by atoms with Crippen molar-refractivity contribution in [2.75, 3.05) is 39.6 Å². The van der Waals surface area contributed by atoms with Crippen LogP contribution < -0.4 is 5.32 Å². The molecule has 1 aromatic rings. The van der Waals surface area contributed by atoms with E-state index in [1.807, 2.05) is 12.1 Å². The van der Waals surface area contributed by atoms with Crippen LogP contribution in [0.25, 0.3) is 0 Å². The zero-order valence-corrected chi connectivity index (χ0v) is 21.1. The summed E-state index contributed by atoms with van der Waals surface area (Å²) in [7, 11) is 0. The number of imide groups is 2. The number of rotatable bonds is 16. The molecule has 2 heterocycles. The molecule has 0 spiro atoms. The van der Waals surface area contributed by atoms with Gasteiger partial charge >= 0.3 is 5.97 Å². The first-order chi connectivity index (χ1) is 17.8. The molecule has 0 bridgehead atoms. The third kappa shape index (κ3) is 7.43. The van der Waals surface area contributed by atoms with E-state index in [9.17, 15) is 24.0 Å². The molecule has 0 aliphatic carbocycles. The molecule has 2 aliphatic heterocycles. The number of carboxylic acid groups (broad SMARTS) is 1. The predicted molar refractivity (Wildman–Crippen MR) is 130 cm³/mol. The summed E-state index contributed by atoms with van der Waals surface area (Å²) in [6, 6.07) is 2.78. The zero-order valence-electron chi connectivity index (χ0n) is 21.1. The average Bonchev–Trinajstić information content (AvgIpc) is 3.12. The van der Waals surface area contributed by atoms with Crippen molar-refractivity contribution >= 4 is 29.6 Å². The Morgan fingerprint density at radius 1 is 0.919 bits per heavy atom. The maximum atomic E-state index is 13.4. The number of hydrogen-bond donors (Lipinski definition) is 2. The highest BCUT2D eigenvalue weighted by molar-refractivity contribution is 6.24. The third-order valence-corrected chi connectivity index (χ3v) is 6.27. The van der Waals surface area contributed by atoms with Crippen molar-refractivity contribution in [3.8, 4) is 0 Å². The predicted octanol–water partition coefficient (Wildman–Crippen LogP) is 1.50. The van der Waals surface area contributed by atoms with E-state index in [1.165, 1.54) is 0 Å². The average molecular weight is 519 g/mol. The third-order valence-electron chi connectivity index (χ3n) is 6.27. The van der Waals surface area contributed by atoms with Gasteiger partial charge in [-0.1, -0.05) is 25.5 Å². The Labute approximate surface area is 215 Å². The van der Waals surface area contributed by atoms with Crippen molar-refractivity contribution in [2.24, 2.45) is 0 Å². The van der Waals surface area contributed by atoms with Gasteiger partial charge in [-0.2, -0.15) is 0 Å². The number of piperidine rings is 1. The van der Waals surface area contributed by atoms with E-state index in [4.69, 9.17) is 19.3 Å². The van der Waals surface area contributed by atoms with Gasteiger partial charge in [-0.3, -0.25) is 29.4 Å². The lowest BCUT2D eigenvalue weighted by Crippen LogP contribution is -2.54. The summed E-state index contributed by atoms with van der Waals surface area (Å²) in [5.41, 5.74) is 2.27. The van der Waals surface area contributed by atoms with Gasteiger partial charge in [0.05, 0.1) is 37.6 Å². The SMILES string of the molecule is CCCCc1ccc(CCCOCCOCCOCC(=O)O)c2c1C(=O)N(C1CCC(=O)NC1=O)C2=O. The summed E-state index contributed by atoms with van der Waals surface area (Å²) in [6.07, 6.45) is 3.79. The smallest absolute Gasteiger partial charge is 0.329 e. The van der Waals surface area contributed by atoms with Crippen molar-refractivity contribution in [3.63, 3.8) is 0 Å². The molecular weight excluding hydrogens is 484 g/mol.